The Morgan fingerprint density at radius 2 is 1.67 bits per heavy atom. The molecule has 0 bridgehead atoms. The van der Waals surface area contributed by atoms with Crippen LogP contribution in [0.4, 0.5) is 0 Å². The molecule has 0 heterocycles. The maximum absolute atomic E-state index is 13.2. The average molecular weight is 427 g/mol. The Morgan fingerprint density at radius 1 is 1.07 bits per heavy atom. The van der Waals surface area contributed by atoms with Crippen LogP contribution in [0.1, 0.15) is 66.1 Å². The molecule has 0 unspecified atom stereocenters. The topological polar surface area (TPSA) is 63.6 Å². The number of carboxylic acids is 1. The molecule has 1 N–H and O–H groups in total. The summed E-state index contributed by atoms with van der Waals surface area (Å²) in [6, 6.07) is 12.0. The summed E-state index contributed by atoms with van der Waals surface area (Å²) < 4.78 is 5.84. The van der Waals surface area contributed by atoms with Gasteiger partial charge >= 0.3 is 5.97 Å². The van der Waals surface area contributed by atoms with E-state index in [9.17, 15) is 14.7 Å². The fourth-order valence-corrected chi connectivity index (χ4v) is 4.71. The lowest BCUT2D eigenvalue weighted by Gasteiger charge is -2.26. The minimum absolute atomic E-state index is 0.0221. The van der Waals surface area contributed by atoms with Crippen LogP contribution in [-0.2, 0) is 4.79 Å². The van der Waals surface area contributed by atoms with Gasteiger partial charge in [0.05, 0.1) is 0 Å². The predicted molar refractivity (Wildman–Crippen MR) is 121 cm³/mol. The van der Waals surface area contributed by atoms with Crippen LogP contribution in [0, 0.1) is 19.8 Å². The van der Waals surface area contributed by atoms with E-state index in [4.69, 9.17) is 4.74 Å². The van der Waals surface area contributed by atoms with Gasteiger partial charge in [0.2, 0.25) is 0 Å². The van der Waals surface area contributed by atoms with Crippen LogP contribution in [-0.4, -0.2) is 28.7 Å². The number of benzene rings is 2. The largest absolute Gasteiger partial charge is 0.478 e. The maximum Gasteiger partial charge on any atom is 0.347 e. The van der Waals surface area contributed by atoms with E-state index in [1.54, 1.807) is 25.6 Å². The number of carbonyl (C=O) groups is 2. The van der Waals surface area contributed by atoms with Crippen molar-refractivity contribution in [1.82, 2.24) is 0 Å². The molecule has 3 rings (SSSR count). The highest BCUT2D eigenvalue weighted by molar-refractivity contribution is 7.98. The van der Waals surface area contributed by atoms with Gasteiger partial charge in [0.15, 0.2) is 11.4 Å². The number of aryl methyl sites for hydroxylation is 2. The van der Waals surface area contributed by atoms with E-state index in [1.807, 2.05) is 44.4 Å². The number of hydrogen-bond donors (Lipinski definition) is 1. The Kier molecular flexibility index (Phi) is 6.61. The summed E-state index contributed by atoms with van der Waals surface area (Å²) in [5.41, 5.74) is 2.43. The summed E-state index contributed by atoms with van der Waals surface area (Å²) in [6.45, 7) is 6.99. The van der Waals surface area contributed by atoms with Gasteiger partial charge in [0, 0.05) is 16.4 Å². The lowest BCUT2D eigenvalue weighted by atomic mass is 9.82. The number of ether oxygens (including phenoxy) is 1. The van der Waals surface area contributed by atoms with Gasteiger partial charge in [0.25, 0.3) is 0 Å². The lowest BCUT2D eigenvalue weighted by Crippen LogP contribution is -2.38. The minimum Gasteiger partial charge on any atom is -0.478 e. The molecule has 30 heavy (non-hydrogen) atoms. The van der Waals surface area contributed by atoms with E-state index in [0.717, 1.165) is 46.4 Å². The normalized spacial score (nSPS) is 19.0. The third-order valence-electron chi connectivity index (χ3n) is 6.01. The maximum atomic E-state index is 13.2. The molecule has 0 aliphatic heterocycles. The Labute approximate surface area is 183 Å². The molecule has 0 saturated heterocycles. The molecule has 0 aromatic heterocycles. The molecule has 0 radical (unpaired) electrons. The lowest BCUT2D eigenvalue weighted by molar-refractivity contribution is -0.152. The molecule has 5 heteroatoms. The van der Waals surface area contributed by atoms with Crippen LogP contribution in [0.15, 0.2) is 41.3 Å². The summed E-state index contributed by atoms with van der Waals surface area (Å²) in [6.07, 6.45) is 4.95. The van der Waals surface area contributed by atoms with E-state index < -0.39 is 11.6 Å². The van der Waals surface area contributed by atoms with Gasteiger partial charge in [-0.2, -0.15) is 0 Å². The molecule has 2 aromatic rings. The number of rotatable bonds is 7. The van der Waals surface area contributed by atoms with Crippen LogP contribution in [0.5, 0.6) is 5.75 Å². The molecule has 0 spiro atoms. The van der Waals surface area contributed by atoms with Gasteiger partial charge in [0.1, 0.15) is 5.75 Å². The second kappa shape index (κ2) is 8.84. The molecule has 1 saturated carbocycles. The SMILES string of the molecule is CSc1ccc(C(=O)[C@H]2CCC[C@@H]2c2cc(C)c(OC(C)(C)C(=O)O)c(C)c2)cc1. The van der Waals surface area contributed by atoms with E-state index in [2.05, 4.69) is 12.1 Å². The van der Waals surface area contributed by atoms with E-state index in [1.165, 1.54) is 0 Å². The number of carbonyl (C=O) groups excluding carboxylic acids is 1. The van der Waals surface area contributed by atoms with Crippen molar-refractivity contribution in [3.05, 3.63) is 58.7 Å². The monoisotopic (exact) mass is 426 g/mol. The first kappa shape index (κ1) is 22.4. The van der Waals surface area contributed by atoms with Crippen molar-refractivity contribution < 1.29 is 19.4 Å². The van der Waals surface area contributed by atoms with Gasteiger partial charge in [-0.1, -0.05) is 30.7 Å². The second-order valence-electron chi connectivity index (χ2n) is 8.64. The van der Waals surface area contributed by atoms with Crippen LogP contribution < -0.4 is 4.74 Å². The van der Waals surface area contributed by atoms with E-state index in [-0.39, 0.29) is 17.6 Å². The number of carboxylic acid groups (broad SMARTS) is 1. The van der Waals surface area contributed by atoms with Crippen molar-refractivity contribution in [3.63, 3.8) is 0 Å². The molecule has 2 aromatic carbocycles. The number of hydrogen-bond acceptors (Lipinski definition) is 4. The molecular weight excluding hydrogens is 396 g/mol. The summed E-state index contributed by atoms with van der Waals surface area (Å²) in [7, 11) is 0. The Bertz CT molecular complexity index is 923. The Morgan fingerprint density at radius 3 is 2.20 bits per heavy atom. The number of thioether (sulfide) groups is 1. The standard InChI is InChI=1S/C25H30O4S/c1-15-13-18(14-16(2)23(15)29-25(3,4)24(27)28)20-7-6-8-21(20)22(26)17-9-11-19(30-5)12-10-17/h9-14,20-21H,6-8H2,1-5H3,(H,27,28)/t20-,21+/m1/s1. The molecule has 1 aliphatic rings. The van der Waals surface area contributed by atoms with Gasteiger partial charge in [-0.25, -0.2) is 4.79 Å². The zero-order chi connectivity index (χ0) is 22.1. The first-order chi connectivity index (χ1) is 14.1. The number of ketones is 1. The van der Waals surface area contributed by atoms with Crippen molar-refractivity contribution in [2.75, 3.05) is 6.26 Å². The smallest absolute Gasteiger partial charge is 0.347 e. The summed E-state index contributed by atoms with van der Waals surface area (Å²) in [4.78, 5) is 25.8. The molecule has 2 atom stereocenters. The van der Waals surface area contributed by atoms with Crippen LogP contribution >= 0.6 is 11.8 Å². The van der Waals surface area contributed by atoms with Gasteiger partial charge in [-0.15, -0.1) is 11.8 Å². The van der Waals surface area contributed by atoms with Crippen molar-refractivity contribution in [1.29, 1.82) is 0 Å². The van der Waals surface area contributed by atoms with Crippen LogP contribution in [0.2, 0.25) is 0 Å². The zero-order valence-corrected chi connectivity index (χ0v) is 19.1. The molecular formula is C25H30O4S. The van der Waals surface area contributed by atoms with Gasteiger partial charge in [-0.05, 0) is 81.5 Å². The van der Waals surface area contributed by atoms with Crippen LogP contribution in [0.3, 0.4) is 0 Å². The molecule has 1 fully saturated rings. The first-order valence-corrected chi connectivity index (χ1v) is 11.6. The van der Waals surface area contributed by atoms with Crippen molar-refractivity contribution in [2.45, 2.75) is 63.4 Å². The molecule has 1 aliphatic carbocycles. The highest BCUT2D eigenvalue weighted by Crippen LogP contribution is 2.43. The zero-order valence-electron chi connectivity index (χ0n) is 18.3. The molecule has 160 valence electrons. The Hall–Kier alpha value is -2.27. The van der Waals surface area contributed by atoms with Crippen molar-refractivity contribution >= 4 is 23.5 Å². The summed E-state index contributed by atoms with van der Waals surface area (Å²) >= 11 is 1.67. The van der Waals surface area contributed by atoms with E-state index in [0.29, 0.717) is 5.75 Å². The minimum atomic E-state index is -1.30. The van der Waals surface area contributed by atoms with E-state index >= 15 is 0 Å². The quantitative estimate of drug-likeness (QED) is 0.432. The number of aliphatic carboxylic acids is 1. The fraction of sp³-hybridized carbons (Fsp3) is 0.440. The highest BCUT2D eigenvalue weighted by Gasteiger charge is 2.35. The first-order valence-electron chi connectivity index (χ1n) is 10.4. The average Bonchev–Trinajstić information content (AvgIpc) is 3.20. The highest BCUT2D eigenvalue weighted by atomic mass is 32.2. The van der Waals surface area contributed by atoms with Crippen molar-refractivity contribution in [2.24, 2.45) is 5.92 Å². The Balaban J connectivity index is 1.87. The second-order valence-corrected chi connectivity index (χ2v) is 9.52. The number of Topliss-reactive ketones (excluding diaryl/α,β-unsaturated/α-hetero) is 1. The summed E-state index contributed by atoms with van der Waals surface area (Å²) in [5.74, 6) is -0.0189. The van der Waals surface area contributed by atoms with Crippen LogP contribution in [0.25, 0.3) is 0 Å². The molecule has 4 nitrogen and oxygen atoms in total. The van der Waals surface area contributed by atoms with Gasteiger partial charge in [-0.3, -0.25) is 4.79 Å². The predicted octanol–water partition coefficient (Wildman–Crippen LogP) is 6.03. The third kappa shape index (κ3) is 4.56. The van der Waals surface area contributed by atoms with Crippen molar-refractivity contribution in [3.8, 4) is 5.75 Å². The fourth-order valence-electron chi connectivity index (χ4n) is 4.30. The van der Waals surface area contributed by atoms with Gasteiger partial charge < -0.3 is 9.84 Å². The third-order valence-corrected chi connectivity index (χ3v) is 6.75. The summed E-state index contributed by atoms with van der Waals surface area (Å²) in [5, 5.41) is 9.38. The molecule has 0 amide bonds.